The lowest BCUT2D eigenvalue weighted by Gasteiger charge is -2.31. The Hall–Kier alpha value is -3.12. The van der Waals surface area contributed by atoms with Crippen LogP contribution in [0.5, 0.6) is 0 Å². The number of benzene rings is 1. The zero-order valence-electron chi connectivity index (χ0n) is 22.4. The van der Waals surface area contributed by atoms with Gasteiger partial charge in [0.05, 0.1) is 18.1 Å². The number of nitrogens with one attached hydrogen (secondary N) is 3. The highest BCUT2D eigenvalue weighted by Gasteiger charge is 2.28. The van der Waals surface area contributed by atoms with E-state index in [1.165, 1.54) is 12.3 Å². The third-order valence-corrected chi connectivity index (χ3v) is 8.53. The second-order valence-electron chi connectivity index (χ2n) is 10.9. The highest BCUT2D eigenvalue weighted by molar-refractivity contribution is 7.88. The van der Waals surface area contributed by atoms with Crippen LogP contribution in [-0.4, -0.2) is 52.2 Å². The van der Waals surface area contributed by atoms with E-state index >= 15 is 0 Å². The first-order valence-electron chi connectivity index (χ1n) is 13.6. The molecule has 2 fully saturated rings. The predicted molar refractivity (Wildman–Crippen MR) is 148 cm³/mol. The van der Waals surface area contributed by atoms with Gasteiger partial charge in [-0.2, -0.15) is 0 Å². The number of anilines is 2. The Bertz CT molecular complexity index is 1430. The number of imidazole rings is 1. The van der Waals surface area contributed by atoms with Crippen molar-refractivity contribution in [1.29, 1.82) is 0 Å². The lowest BCUT2D eigenvalue weighted by Crippen LogP contribution is -2.37. The van der Waals surface area contributed by atoms with Crippen molar-refractivity contribution < 1.29 is 17.6 Å². The van der Waals surface area contributed by atoms with Crippen molar-refractivity contribution in [3.8, 4) is 0 Å². The van der Waals surface area contributed by atoms with Crippen LogP contribution < -0.4 is 15.4 Å². The van der Waals surface area contributed by atoms with Gasteiger partial charge in [0.25, 0.3) is 0 Å². The quantitative estimate of drug-likeness (QED) is 0.382. The predicted octanol–water partition coefficient (Wildman–Crippen LogP) is 3.98. The lowest BCUT2D eigenvalue weighted by atomic mass is 9.84. The third-order valence-electron chi connectivity index (χ3n) is 7.77. The average molecular weight is 558 g/mol. The minimum absolute atomic E-state index is 0.0132. The van der Waals surface area contributed by atoms with Gasteiger partial charge in [0.15, 0.2) is 5.65 Å². The van der Waals surface area contributed by atoms with Crippen LogP contribution in [-0.2, 0) is 21.2 Å². The molecule has 1 aromatic carbocycles. The van der Waals surface area contributed by atoms with Crippen molar-refractivity contribution in [3.05, 3.63) is 42.1 Å². The Labute approximate surface area is 228 Å². The van der Waals surface area contributed by atoms with Gasteiger partial charge in [0, 0.05) is 31.5 Å². The van der Waals surface area contributed by atoms with Crippen molar-refractivity contribution in [1.82, 2.24) is 29.6 Å². The summed E-state index contributed by atoms with van der Waals surface area (Å²) in [5.41, 5.74) is 1.70. The minimum Gasteiger partial charge on any atom is -0.354 e. The number of hydrogen-bond acceptors (Lipinski definition) is 7. The largest absolute Gasteiger partial charge is 0.354 e. The van der Waals surface area contributed by atoms with E-state index in [0.29, 0.717) is 35.1 Å². The fraction of sp³-hybridized carbons (Fsp3) is 0.556. The van der Waals surface area contributed by atoms with Gasteiger partial charge >= 0.3 is 0 Å². The van der Waals surface area contributed by atoms with Crippen LogP contribution in [0, 0.1) is 11.7 Å². The number of carbonyl (C=O) groups excluding carboxylic acids is 1. The van der Waals surface area contributed by atoms with Gasteiger partial charge in [0.1, 0.15) is 17.2 Å². The van der Waals surface area contributed by atoms with E-state index in [1.807, 2.05) is 0 Å². The molecule has 10 nitrogen and oxygen atoms in total. The molecular formula is C27H36FN7O3S. The molecule has 5 rings (SSSR count). The Balaban J connectivity index is 1.38. The molecule has 0 bridgehead atoms. The van der Waals surface area contributed by atoms with Crippen LogP contribution in [0.15, 0.2) is 30.5 Å². The molecule has 210 valence electrons. The minimum atomic E-state index is -3.21. The molecule has 39 heavy (non-hydrogen) atoms. The summed E-state index contributed by atoms with van der Waals surface area (Å²) in [6.45, 7) is 1.54. The molecule has 2 heterocycles. The molecular weight excluding hydrogens is 521 g/mol. The summed E-state index contributed by atoms with van der Waals surface area (Å²) in [5.74, 6) is 1.25. The van der Waals surface area contributed by atoms with Gasteiger partial charge in [-0.3, -0.25) is 9.36 Å². The average Bonchev–Trinajstić information content (AvgIpc) is 3.23. The van der Waals surface area contributed by atoms with Gasteiger partial charge in [-0.15, -0.1) is 0 Å². The first-order valence-corrected chi connectivity index (χ1v) is 15.5. The molecule has 0 atom stereocenters. The Morgan fingerprint density at radius 2 is 1.72 bits per heavy atom. The van der Waals surface area contributed by atoms with Crippen molar-refractivity contribution in [2.24, 2.45) is 5.92 Å². The van der Waals surface area contributed by atoms with Crippen LogP contribution in [0.4, 0.5) is 16.0 Å². The van der Waals surface area contributed by atoms with Crippen molar-refractivity contribution in [2.75, 3.05) is 11.6 Å². The number of para-hydroxylation sites is 1. The van der Waals surface area contributed by atoms with Crippen molar-refractivity contribution in [3.63, 3.8) is 0 Å². The molecule has 2 aliphatic carbocycles. The Morgan fingerprint density at radius 3 is 2.38 bits per heavy atom. The van der Waals surface area contributed by atoms with Crippen LogP contribution in [0.3, 0.4) is 0 Å². The molecule has 2 aliphatic rings. The number of hydrogen-bond donors (Lipinski definition) is 3. The fourth-order valence-corrected chi connectivity index (χ4v) is 6.79. The molecule has 0 aliphatic heterocycles. The van der Waals surface area contributed by atoms with Crippen LogP contribution in [0.25, 0.3) is 11.2 Å². The number of nitrogens with zero attached hydrogens (tertiary/aromatic N) is 4. The van der Waals surface area contributed by atoms with E-state index in [2.05, 4.69) is 24.9 Å². The molecule has 2 aromatic heterocycles. The number of aromatic nitrogens is 4. The molecule has 0 spiro atoms. The number of halogens is 1. The van der Waals surface area contributed by atoms with E-state index < -0.39 is 10.0 Å². The molecule has 0 unspecified atom stereocenters. The van der Waals surface area contributed by atoms with Gasteiger partial charge in [-0.1, -0.05) is 12.1 Å². The van der Waals surface area contributed by atoms with E-state index in [1.54, 1.807) is 31.3 Å². The summed E-state index contributed by atoms with van der Waals surface area (Å²) in [6.07, 6.45) is 10.4. The van der Waals surface area contributed by atoms with Gasteiger partial charge in [0.2, 0.25) is 21.9 Å². The summed E-state index contributed by atoms with van der Waals surface area (Å²) in [6, 6.07) is 6.74. The number of rotatable bonds is 8. The van der Waals surface area contributed by atoms with Crippen molar-refractivity contribution >= 4 is 38.7 Å². The molecule has 1 amide bonds. The molecule has 12 heteroatoms. The summed E-state index contributed by atoms with van der Waals surface area (Å²) in [7, 11) is -3.21. The van der Waals surface area contributed by atoms with E-state index in [0.717, 1.165) is 57.2 Å². The molecule has 0 saturated heterocycles. The molecule has 2 saturated carbocycles. The summed E-state index contributed by atoms with van der Waals surface area (Å²) >= 11 is 0. The zero-order valence-corrected chi connectivity index (χ0v) is 23.2. The van der Waals surface area contributed by atoms with E-state index in [-0.39, 0.29) is 29.8 Å². The van der Waals surface area contributed by atoms with Gasteiger partial charge in [-0.25, -0.2) is 32.5 Å². The standard InChI is InChI=1S/C27H36FN7O3S/c1-17(36)30-19-11-13-21(14-12-19)35-26-24(32-27(35)31-23-6-4-3-5-22(23)28)16-29-25(33-26)15-18-7-9-20(10-8-18)34-39(2,37)38/h3-6,16,18-21,34H,7-15H2,1-2H3,(H,30,36)(H,31,32). The maximum absolute atomic E-state index is 14.5. The van der Waals surface area contributed by atoms with Crippen LogP contribution in [0.1, 0.15) is 70.2 Å². The van der Waals surface area contributed by atoms with Gasteiger partial charge < -0.3 is 10.6 Å². The number of carbonyl (C=O) groups is 1. The first-order chi connectivity index (χ1) is 18.6. The topological polar surface area (TPSA) is 131 Å². The number of amides is 1. The zero-order chi connectivity index (χ0) is 27.6. The normalized spacial score (nSPS) is 24.0. The van der Waals surface area contributed by atoms with Crippen LogP contribution >= 0.6 is 0 Å². The second kappa shape index (κ2) is 11.5. The van der Waals surface area contributed by atoms with E-state index in [4.69, 9.17) is 9.97 Å². The highest BCUT2D eigenvalue weighted by atomic mass is 32.2. The SMILES string of the molecule is CC(=O)NC1CCC(n2c(Nc3ccccc3F)nc3cnc(CC4CCC(NS(C)(=O)=O)CC4)nc32)CC1. The van der Waals surface area contributed by atoms with Gasteiger partial charge in [-0.05, 0) is 69.4 Å². The maximum Gasteiger partial charge on any atom is 0.217 e. The second-order valence-corrected chi connectivity index (χ2v) is 12.7. The third kappa shape index (κ3) is 6.91. The summed E-state index contributed by atoms with van der Waals surface area (Å²) in [4.78, 5) is 25.8. The monoisotopic (exact) mass is 557 g/mol. The molecule has 0 radical (unpaired) electrons. The molecule has 3 N–H and O–H groups in total. The van der Waals surface area contributed by atoms with Crippen molar-refractivity contribution in [2.45, 2.75) is 82.8 Å². The van der Waals surface area contributed by atoms with E-state index in [9.17, 15) is 17.6 Å². The number of sulfonamides is 1. The maximum atomic E-state index is 14.5. The highest BCUT2D eigenvalue weighted by Crippen LogP contribution is 2.35. The lowest BCUT2D eigenvalue weighted by molar-refractivity contribution is -0.119. The Morgan fingerprint density at radius 1 is 1.03 bits per heavy atom. The summed E-state index contributed by atoms with van der Waals surface area (Å²) in [5, 5.41) is 6.20. The number of fused-ring (bicyclic) bond motifs is 1. The Kier molecular flexibility index (Phi) is 8.13. The summed E-state index contributed by atoms with van der Waals surface area (Å²) < 4.78 is 42.5. The molecule has 3 aromatic rings. The first kappa shape index (κ1) is 27.4. The smallest absolute Gasteiger partial charge is 0.217 e. The fourth-order valence-electron chi connectivity index (χ4n) is 5.95. The van der Waals surface area contributed by atoms with Crippen LogP contribution in [0.2, 0.25) is 0 Å².